The zero-order chi connectivity index (χ0) is 13.2. The molecule has 2 atom stereocenters. The molecule has 1 aromatic rings. The Kier molecular flexibility index (Phi) is 5.02. The van der Waals surface area contributed by atoms with E-state index in [1.165, 1.54) is 0 Å². The first-order valence-electron chi connectivity index (χ1n) is 6.05. The lowest BCUT2D eigenvalue weighted by Gasteiger charge is -2.31. The van der Waals surface area contributed by atoms with Crippen LogP contribution in [0.3, 0.4) is 0 Å². The van der Waals surface area contributed by atoms with Gasteiger partial charge in [0.05, 0.1) is 11.8 Å². The van der Waals surface area contributed by atoms with Crippen molar-refractivity contribution in [1.82, 2.24) is 0 Å². The molecule has 2 nitrogen and oxygen atoms in total. The van der Waals surface area contributed by atoms with Crippen LogP contribution in [0.5, 0.6) is 0 Å². The Bertz CT molecular complexity index is 376. The molecule has 17 heavy (non-hydrogen) atoms. The predicted molar refractivity (Wildman–Crippen MR) is 77.5 cm³/mol. The molecule has 0 radical (unpaired) electrons. The number of hydrogen-bond donors (Lipinski definition) is 1. The Morgan fingerprint density at radius 3 is 2.18 bits per heavy atom. The van der Waals surface area contributed by atoms with Crippen molar-refractivity contribution in [3.63, 3.8) is 0 Å². The molecule has 0 spiro atoms. The molecule has 0 saturated carbocycles. The van der Waals surface area contributed by atoms with Crippen molar-refractivity contribution >= 4 is 21.6 Å². The van der Waals surface area contributed by atoms with Crippen LogP contribution in [0.4, 0.5) is 5.69 Å². The summed E-state index contributed by atoms with van der Waals surface area (Å²) in [5, 5.41) is 9.54. The van der Waals surface area contributed by atoms with Gasteiger partial charge in [-0.25, -0.2) is 0 Å². The molecule has 1 aromatic carbocycles. The van der Waals surface area contributed by atoms with E-state index in [1.807, 2.05) is 12.1 Å². The van der Waals surface area contributed by atoms with Crippen LogP contribution in [-0.2, 0) is 0 Å². The summed E-state index contributed by atoms with van der Waals surface area (Å²) in [7, 11) is 2.10. The van der Waals surface area contributed by atoms with Crippen LogP contribution in [0.1, 0.15) is 39.4 Å². The summed E-state index contributed by atoms with van der Waals surface area (Å²) in [5.74, 6) is 0.600. The van der Waals surface area contributed by atoms with Gasteiger partial charge in [-0.05, 0) is 53.4 Å². The molecule has 1 rings (SSSR count). The fraction of sp³-hybridized carbons (Fsp3) is 0.571. The number of rotatable bonds is 4. The van der Waals surface area contributed by atoms with Gasteiger partial charge in [0.25, 0.3) is 0 Å². The molecular formula is C14H22BrNO. The summed E-state index contributed by atoms with van der Waals surface area (Å²) < 4.78 is 1.03. The van der Waals surface area contributed by atoms with Crippen LogP contribution < -0.4 is 4.90 Å². The van der Waals surface area contributed by atoms with Crippen LogP contribution in [0, 0.1) is 5.92 Å². The number of benzene rings is 1. The number of anilines is 1. The Labute approximate surface area is 113 Å². The van der Waals surface area contributed by atoms with E-state index in [4.69, 9.17) is 0 Å². The minimum absolute atomic E-state index is 0.423. The van der Waals surface area contributed by atoms with Gasteiger partial charge < -0.3 is 10.0 Å². The summed E-state index contributed by atoms with van der Waals surface area (Å²) in [4.78, 5) is 2.26. The van der Waals surface area contributed by atoms with Gasteiger partial charge in [-0.3, -0.25) is 0 Å². The van der Waals surface area contributed by atoms with Gasteiger partial charge in [0.1, 0.15) is 0 Å². The summed E-state index contributed by atoms with van der Waals surface area (Å²) in [6.07, 6.45) is -0.423. The van der Waals surface area contributed by atoms with E-state index in [1.54, 1.807) is 6.92 Å². The van der Waals surface area contributed by atoms with E-state index in [0.717, 1.165) is 15.7 Å². The Balaban J connectivity index is 2.99. The van der Waals surface area contributed by atoms with E-state index in [9.17, 15) is 5.11 Å². The molecule has 0 bridgehead atoms. The van der Waals surface area contributed by atoms with Crippen LogP contribution >= 0.6 is 15.9 Å². The average molecular weight is 300 g/mol. The maximum absolute atomic E-state index is 9.54. The third-order valence-corrected chi connectivity index (χ3v) is 4.05. The van der Waals surface area contributed by atoms with E-state index in [0.29, 0.717) is 12.0 Å². The van der Waals surface area contributed by atoms with E-state index < -0.39 is 6.10 Å². The maximum Gasteiger partial charge on any atom is 0.0762 e. The van der Waals surface area contributed by atoms with Crippen molar-refractivity contribution in [2.45, 2.75) is 39.8 Å². The van der Waals surface area contributed by atoms with Crippen molar-refractivity contribution in [1.29, 1.82) is 0 Å². The third kappa shape index (κ3) is 3.46. The minimum atomic E-state index is -0.423. The second kappa shape index (κ2) is 5.87. The van der Waals surface area contributed by atoms with Crippen molar-refractivity contribution in [2.24, 2.45) is 5.92 Å². The number of hydrogen-bond acceptors (Lipinski definition) is 2. The number of aliphatic hydroxyl groups excluding tert-OH is 1. The molecule has 0 amide bonds. The normalized spacial score (nSPS) is 14.8. The molecule has 0 aliphatic heterocycles. The molecule has 1 unspecified atom stereocenters. The standard InChI is InChI=1S/C14H22BrNO/c1-9(2)10(3)16(5)14-7-6-12(11(4)17)8-13(14)15/h6-11,17H,1-5H3/t10?,11-/m0/s1. The first kappa shape index (κ1) is 14.5. The molecule has 0 fully saturated rings. The number of nitrogens with zero attached hydrogens (tertiary/aromatic N) is 1. The fourth-order valence-corrected chi connectivity index (χ4v) is 2.41. The highest BCUT2D eigenvalue weighted by Crippen LogP contribution is 2.30. The number of aliphatic hydroxyl groups is 1. The van der Waals surface area contributed by atoms with Crippen molar-refractivity contribution in [2.75, 3.05) is 11.9 Å². The van der Waals surface area contributed by atoms with Crippen molar-refractivity contribution < 1.29 is 5.11 Å². The van der Waals surface area contributed by atoms with Crippen LogP contribution in [0.25, 0.3) is 0 Å². The van der Waals surface area contributed by atoms with Gasteiger partial charge in [-0.1, -0.05) is 19.9 Å². The molecule has 0 aliphatic rings. The molecule has 0 heterocycles. The summed E-state index contributed by atoms with van der Waals surface area (Å²) in [6.45, 7) is 8.44. The Morgan fingerprint density at radius 2 is 1.76 bits per heavy atom. The summed E-state index contributed by atoms with van der Waals surface area (Å²) in [6, 6.07) is 6.51. The third-order valence-electron chi connectivity index (χ3n) is 3.41. The lowest BCUT2D eigenvalue weighted by Crippen LogP contribution is -2.33. The molecule has 0 saturated heterocycles. The first-order chi connectivity index (χ1) is 7.84. The molecule has 1 N–H and O–H groups in total. The molecule has 0 aromatic heterocycles. The van der Waals surface area contributed by atoms with Gasteiger partial charge in [0.15, 0.2) is 0 Å². The Hall–Kier alpha value is -0.540. The lowest BCUT2D eigenvalue weighted by molar-refractivity contribution is 0.199. The smallest absolute Gasteiger partial charge is 0.0762 e. The van der Waals surface area contributed by atoms with Crippen molar-refractivity contribution in [3.8, 4) is 0 Å². The van der Waals surface area contributed by atoms with Gasteiger partial charge in [-0.15, -0.1) is 0 Å². The zero-order valence-electron chi connectivity index (χ0n) is 11.2. The van der Waals surface area contributed by atoms with Crippen LogP contribution in [0.2, 0.25) is 0 Å². The quantitative estimate of drug-likeness (QED) is 0.909. The predicted octanol–water partition coefficient (Wildman–Crippen LogP) is 3.98. The monoisotopic (exact) mass is 299 g/mol. The van der Waals surface area contributed by atoms with Crippen molar-refractivity contribution in [3.05, 3.63) is 28.2 Å². The largest absolute Gasteiger partial charge is 0.389 e. The second-order valence-corrected chi connectivity index (χ2v) is 5.84. The highest BCUT2D eigenvalue weighted by atomic mass is 79.9. The van der Waals surface area contributed by atoms with Gasteiger partial charge >= 0.3 is 0 Å². The van der Waals surface area contributed by atoms with Gasteiger partial charge in [0.2, 0.25) is 0 Å². The molecule has 3 heteroatoms. The van der Waals surface area contributed by atoms with Crippen LogP contribution in [0.15, 0.2) is 22.7 Å². The van der Waals surface area contributed by atoms with Gasteiger partial charge in [0, 0.05) is 17.6 Å². The second-order valence-electron chi connectivity index (χ2n) is 4.98. The average Bonchev–Trinajstić information content (AvgIpc) is 2.26. The van der Waals surface area contributed by atoms with Gasteiger partial charge in [-0.2, -0.15) is 0 Å². The molecule has 0 aliphatic carbocycles. The number of halogens is 1. The summed E-state index contributed by atoms with van der Waals surface area (Å²) in [5.41, 5.74) is 2.10. The Morgan fingerprint density at radius 1 is 1.18 bits per heavy atom. The van der Waals surface area contributed by atoms with E-state index >= 15 is 0 Å². The highest BCUT2D eigenvalue weighted by molar-refractivity contribution is 9.10. The topological polar surface area (TPSA) is 23.5 Å². The SMILES string of the molecule is CC(C)C(C)N(C)c1ccc([C@H](C)O)cc1Br. The minimum Gasteiger partial charge on any atom is -0.389 e. The zero-order valence-corrected chi connectivity index (χ0v) is 12.8. The first-order valence-corrected chi connectivity index (χ1v) is 6.84. The molecular weight excluding hydrogens is 278 g/mol. The lowest BCUT2D eigenvalue weighted by atomic mass is 10.0. The maximum atomic E-state index is 9.54. The van der Waals surface area contributed by atoms with E-state index in [-0.39, 0.29) is 0 Å². The van der Waals surface area contributed by atoms with E-state index in [2.05, 4.69) is 54.7 Å². The fourth-order valence-electron chi connectivity index (χ4n) is 1.74. The van der Waals surface area contributed by atoms with Crippen LogP contribution in [-0.4, -0.2) is 18.2 Å². The summed E-state index contributed by atoms with van der Waals surface area (Å²) >= 11 is 3.58. The molecule has 96 valence electrons. The highest BCUT2D eigenvalue weighted by Gasteiger charge is 2.16.